The minimum Gasteiger partial charge on any atom is -0.444 e. The van der Waals surface area contributed by atoms with Gasteiger partial charge in [0.15, 0.2) is 0 Å². The van der Waals surface area contributed by atoms with Crippen LogP contribution in [0.4, 0.5) is 4.79 Å². The molecule has 0 radical (unpaired) electrons. The molecule has 4 saturated heterocycles. The van der Waals surface area contributed by atoms with Crippen molar-refractivity contribution in [3.63, 3.8) is 0 Å². The molecular weight excluding hydrogens is 985 g/mol. The maximum absolute atomic E-state index is 13.7. The van der Waals surface area contributed by atoms with Crippen LogP contribution in [0.2, 0.25) is 0 Å². The maximum atomic E-state index is 13.7. The molecule has 4 aromatic rings. The van der Waals surface area contributed by atoms with Crippen LogP contribution in [0.25, 0.3) is 0 Å². The van der Waals surface area contributed by atoms with E-state index in [0.717, 1.165) is 148 Å². The third-order valence-corrected chi connectivity index (χ3v) is 16.4. The molecule has 4 heterocycles. The topological polar surface area (TPSA) is 140 Å². The number of carbonyl (C=O) groups is 5. The Morgan fingerprint density at radius 3 is 1.30 bits per heavy atom. The maximum Gasteiger partial charge on any atom is 0.410 e. The van der Waals surface area contributed by atoms with Gasteiger partial charge in [0, 0.05) is 44.8 Å². The van der Waals surface area contributed by atoms with Gasteiger partial charge in [-0.1, -0.05) is 128 Å². The molecule has 4 aliphatic rings. The first-order valence-electron chi connectivity index (χ1n) is 30.5. The van der Waals surface area contributed by atoms with E-state index < -0.39 is 17.7 Å². The van der Waals surface area contributed by atoms with Gasteiger partial charge in [0.2, 0.25) is 23.6 Å². The van der Waals surface area contributed by atoms with Gasteiger partial charge in [-0.2, -0.15) is 0 Å². The monoisotopic (exact) mass is 1080 g/mol. The third-order valence-electron chi connectivity index (χ3n) is 16.4. The Kier molecular flexibility index (Phi) is 24.8. The van der Waals surface area contributed by atoms with Crippen LogP contribution in [-0.4, -0.2) is 113 Å². The van der Waals surface area contributed by atoms with E-state index in [1.807, 2.05) is 42.7 Å². The molecule has 8 rings (SSSR count). The predicted molar refractivity (Wildman–Crippen MR) is 316 cm³/mol. The van der Waals surface area contributed by atoms with Crippen LogP contribution in [-0.2, 0) is 49.6 Å². The smallest absolute Gasteiger partial charge is 0.410 e. The van der Waals surface area contributed by atoms with E-state index in [1.165, 1.54) is 22.3 Å². The van der Waals surface area contributed by atoms with Crippen molar-refractivity contribution in [3.8, 4) is 0 Å². The summed E-state index contributed by atoms with van der Waals surface area (Å²) in [6, 6.07) is 41.9. The quantitative estimate of drug-likeness (QED) is 0.0712. The average molecular weight is 1080 g/mol. The summed E-state index contributed by atoms with van der Waals surface area (Å²) in [4.78, 5) is 72.0. The first-order chi connectivity index (χ1) is 38.4. The summed E-state index contributed by atoms with van der Waals surface area (Å²) in [6.07, 6.45) is 20.5. The Morgan fingerprint density at radius 2 is 0.911 bits per heavy atom. The lowest BCUT2D eigenvalue weighted by molar-refractivity contribution is -0.142. The van der Waals surface area contributed by atoms with Crippen molar-refractivity contribution in [1.82, 2.24) is 30.7 Å². The molecule has 3 N–H and O–H groups in total. The number of hydrogen-bond acceptors (Lipinski definition) is 7. The second kappa shape index (κ2) is 32.3. The Balaban J connectivity index is 0.000000232. The van der Waals surface area contributed by atoms with Crippen LogP contribution in [0.15, 0.2) is 121 Å². The number of rotatable bonds is 22. The molecule has 0 aliphatic carbocycles. The fourth-order valence-corrected chi connectivity index (χ4v) is 12.0. The minimum atomic E-state index is -0.616. The molecule has 4 aliphatic heterocycles. The molecule has 0 bridgehead atoms. The highest BCUT2D eigenvalue weighted by Gasteiger charge is 2.39. The number of nitrogens with one attached hydrogen (secondary N) is 3. The zero-order chi connectivity index (χ0) is 55.7. The number of amides is 5. The van der Waals surface area contributed by atoms with Crippen molar-refractivity contribution < 1.29 is 28.7 Å². The third kappa shape index (κ3) is 20.9. The molecular formula is C67H94N6O6. The second-order valence-electron chi connectivity index (χ2n) is 23.9. The second-order valence-corrected chi connectivity index (χ2v) is 23.9. The standard InChI is InChI=1S/C36H51N3O4.C31H43N3O2/c1-36(2,3)43-35(42)39-26-11-10-24-32(39)34(41)38-25-14-21-30(27-38)33(40)37-31(22-12-19-28-15-6-4-7-16-28)23-13-20-29-17-8-5-9-18-29;35-30(27-18-11-23-34(24-27)31(36)29-21-7-8-22-32-29)33-28(19-9-16-25-12-3-1-4-13-25)20-10-17-26-14-5-2-6-15-26/h4-9,15-18,30-32H,10-14,19-27H2,1-3H3,(H,37,40);1-6,12-15,27-29,32H,7-11,16-24H2,(H,33,35). The van der Waals surface area contributed by atoms with Gasteiger partial charge in [0.05, 0.1) is 17.9 Å². The van der Waals surface area contributed by atoms with Crippen LogP contribution >= 0.6 is 0 Å². The normalized spacial score (nSPS) is 19.7. The van der Waals surface area contributed by atoms with E-state index in [-0.39, 0.29) is 53.6 Å². The molecule has 428 valence electrons. The van der Waals surface area contributed by atoms with E-state index in [1.54, 1.807) is 4.90 Å². The molecule has 12 heteroatoms. The van der Waals surface area contributed by atoms with Gasteiger partial charge in [-0.15, -0.1) is 0 Å². The molecule has 4 atom stereocenters. The van der Waals surface area contributed by atoms with Crippen molar-refractivity contribution in [2.45, 2.75) is 192 Å². The fourth-order valence-electron chi connectivity index (χ4n) is 12.0. The molecule has 4 aromatic carbocycles. The van der Waals surface area contributed by atoms with Gasteiger partial charge in [0.1, 0.15) is 11.6 Å². The lowest BCUT2D eigenvalue weighted by Gasteiger charge is -2.40. The molecule has 4 fully saturated rings. The molecule has 5 amide bonds. The summed E-state index contributed by atoms with van der Waals surface area (Å²) in [5.41, 5.74) is 4.73. The Morgan fingerprint density at radius 1 is 0.506 bits per heavy atom. The Bertz CT molecular complexity index is 2340. The molecule has 0 aromatic heterocycles. The van der Waals surface area contributed by atoms with Crippen LogP contribution < -0.4 is 16.0 Å². The number of carbonyl (C=O) groups excluding carboxylic acids is 5. The van der Waals surface area contributed by atoms with E-state index in [9.17, 15) is 24.0 Å². The Hall–Kier alpha value is -6.01. The van der Waals surface area contributed by atoms with Gasteiger partial charge in [-0.05, 0) is 184 Å². The first-order valence-corrected chi connectivity index (χ1v) is 30.5. The van der Waals surface area contributed by atoms with Crippen LogP contribution in [0, 0.1) is 11.8 Å². The van der Waals surface area contributed by atoms with Crippen molar-refractivity contribution >= 4 is 29.7 Å². The van der Waals surface area contributed by atoms with E-state index in [4.69, 9.17) is 4.74 Å². The number of nitrogens with zero attached hydrogens (tertiary/aromatic N) is 3. The summed E-state index contributed by atoms with van der Waals surface area (Å²) in [6.45, 7) is 9.34. The highest BCUT2D eigenvalue weighted by Crippen LogP contribution is 2.27. The fraction of sp³-hybridized carbons (Fsp3) is 0.567. The first kappa shape index (κ1) is 60.6. The van der Waals surface area contributed by atoms with E-state index in [2.05, 4.69) is 125 Å². The largest absolute Gasteiger partial charge is 0.444 e. The van der Waals surface area contributed by atoms with Crippen molar-refractivity contribution in [3.05, 3.63) is 144 Å². The summed E-state index contributed by atoms with van der Waals surface area (Å²) < 4.78 is 5.62. The van der Waals surface area contributed by atoms with Gasteiger partial charge in [-0.3, -0.25) is 24.1 Å². The van der Waals surface area contributed by atoms with E-state index >= 15 is 0 Å². The molecule has 0 spiro atoms. The lowest BCUT2D eigenvalue weighted by Crippen LogP contribution is -2.56. The summed E-state index contributed by atoms with van der Waals surface area (Å²) in [5, 5.41) is 10.2. The molecule has 0 saturated carbocycles. The van der Waals surface area contributed by atoms with Crippen LogP contribution in [0.1, 0.15) is 159 Å². The number of aryl methyl sites for hydroxylation is 4. The minimum absolute atomic E-state index is 0.0505. The predicted octanol–water partition coefficient (Wildman–Crippen LogP) is 11.4. The zero-order valence-corrected chi connectivity index (χ0v) is 48.1. The number of hydrogen-bond donors (Lipinski definition) is 3. The van der Waals surface area contributed by atoms with Crippen LogP contribution in [0.5, 0.6) is 0 Å². The lowest BCUT2D eigenvalue weighted by atomic mass is 9.93. The zero-order valence-electron chi connectivity index (χ0n) is 48.1. The highest BCUT2D eigenvalue weighted by atomic mass is 16.6. The molecule has 79 heavy (non-hydrogen) atoms. The van der Waals surface area contributed by atoms with Gasteiger partial charge >= 0.3 is 6.09 Å². The molecule has 12 nitrogen and oxygen atoms in total. The SMILES string of the molecule is CC(C)(C)OC(=O)N1CCCCC1C(=O)N1CCCC(C(=O)NC(CCCc2ccccc2)CCCc2ccccc2)C1.O=C(NC(CCCc1ccccc1)CCCc1ccccc1)C1CCCN(C(=O)C2CCCCN2)C1. The van der Waals surface area contributed by atoms with Gasteiger partial charge in [0.25, 0.3) is 0 Å². The highest BCUT2D eigenvalue weighted by molar-refractivity contribution is 5.87. The average Bonchev–Trinajstić information content (AvgIpc) is 3.52. The van der Waals surface area contributed by atoms with Crippen molar-refractivity contribution in [1.29, 1.82) is 0 Å². The van der Waals surface area contributed by atoms with Gasteiger partial charge in [-0.25, -0.2) is 4.79 Å². The Labute approximate surface area is 473 Å². The van der Waals surface area contributed by atoms with Crippen molar-refractivity contribution in [2.75, 3.05) is 39.3 Å². The number of likely N-dealkylation sites (tertiary alicyclic amines) is 3. The summed E-state index contributed by atoms with van der Waals surface area (Å²) in [7, 11) is 0. The number of ether oxygens (including phenoxy) is 1. The number of piperidine rings is 4. The summed E-state index contributed by atoms with van der Waals surface area (Å²) in [5.74, 6) is -0.0121. The van der Waals surface area contributed by atoms with Crippen LogP contribution in [0.3, 0.4) is 0 Å². The summed E-state index contributed by atoms with van der Waals surface area (Å²) >= 11 is 0. The number of benzene rings is 4. The van der Waals surface area contributed by atoms with Crippen molar-refractivity contribution in [2.24, 2.45) is 11.8 Å². The van der Waals surface area contributed by atoms with Gasteiger partial charge < -0.3 is 30.5 Å². The molecule has 4 unspecified atom stereocenters. The van der Waals surface area contributed by atoms with E-state index in [0.29, 0.717) is 32.6 Å².